The predicted octanol–water partition coefficient (Wildman–Crippen LogP) is 5.72. The third kappa shape index (κ3) is 3.24. The van der Waals surface area contributed by atoms with Gasteiger partial charge in [0.25, 0.3) is 0 Å². The minimum Gasteiger partial charge on any atom is -0.207 e. The Kier molecular flexibility index (Phi) is 5.22. The Balaban J connectivity index is 2.39. The molecule has 0 bridgehead atoms. The highest BCUT2D eigenvalue weighted by molar-refractivity contribution is 9.10. The maximum Gasteiger partial charge on any atom is 0.127 e. The largest absolute Gasteiger partial charge is 0.207 e. The molecule has 1 atom stereocenters. The van der Waals surface area contributed by atoms with Crippen molar-refractivity contribution in [3.05, 3.63) is 69.9 Å². The molecule has 1 unspecified atom stereocenters. The molecule has 0 saturated carbocycles. The lowest BCUT2D eigenvalue weighted by atomic mass is 9.75. The van der Waals surface area contributed by atoms with Gasteiger partial charge >= 0.3 is 0 Å². The fraction of sp³-hybridized carbons (Fsp3) is 0.294. The fourth-order valence-corrected chi connectivity index (χ4v) is 3.24. The average molecular weight is 356 g/mol. The zero-order chi connectivity index (χ0) is 14.6. The van der Waals surface area contributed by atoms with Crippen molar-refractivity contribution in [1.29, 1.82) is 0 Å². The van der Waals surface area contributed by atoms with Gasteiger partial charge in [0, 0.05) is 15.8 Å². The number of rotatable bonds is 5. The molecule has 3 heteroatoms. The number of hydrogen-bond acceptors (Lipinski definition) is 0. The monoisotopic (exact) mass is 354 g/mol. The van der Waals surface area contributed by atoms with Crippen molar-refractivity contribution in [2.75, 3.05) is 5.88 Å². The van der Waals surface area contributed by atoms with Gasteiger partial charge in [-0.3, -0.25) is 0 Å². The normalized spacial score (nSPS) is 14.0. The van der Waals surface area contributed by atoms with Gasteiger partial charge in [-0.2, -0.15) is 0 Å². The Hall–Kier alpha value is -0.860. The second-order valence-corrected chi connectivity index (χ2v) is 6.23. The van der Waals surface area contributed by atoms with Crippen LogP contribution in [0.3, 0.4) is 0 Å². The van der Waals surface area contributed by atoms with Gasteiger partial charge in [0.15, 0.2) is 0 Å². The first-order valence-electron chi connectivity index (χ1n) is 6.67. The van der Waals surface area contributed by atoms with Crippen LogP contribution in [0, 0.1) is 5.82 Å². The minimum absolute atomic E-state index is 0.182. The molecule has 106 valence electrons. The lowest BCUT2D eigenvalue weighted by molar-refractivity contribution is 0.446. The highest BCUT2D eigenvalue weighted by Crippen LogP contribution is 2.34. The summed E-state index contributed by atoms with van der Waals surface area (Å²) in [5.74, 6) is 0.293. The molecule has 2 aromatic carbocycles. The second kappa shape index (κ2) is 6.73. The van der Waals surface area contributed by atoms with E-state index in [0.29, 0.717) is 17.9 Å². The summed E-state index contributed by atoms with van der Waals surface area (Å²) in [4.78, 5) is 0. The first-order chi connectivity index (χ1) is 9.61. The number of benzene rings is 2. The molecule has 0 spiro atoms. The van der Waals surface area contributed by atoms with E-state index in [1.54, 1.807) is 0 Å². The molecule has 0 aliphatic rings. The van der Waals surface area contributed by atoms with Crippen LogP contribution >= 0.6 is 27.5 Å². The van der Waals surface area contributed by atoms with Crippen LogP contribution in [0.5, 0.6) is 0 Å². The Bertz CT molecular complexity index is 564. The summed E-state index contributed by atoms with van der Waals surface area (Å²) in [6.07, 6.45) is 1.48. The van der Waals surface area contributed by atoms with E-state index in [0.717, 1.165) is 10.9 Å². The molecule has 0 radical (unpaired) electrons. The molecule has 0 nitrogen and oxygen atoms in total. The third-order valence-electron chi connectivity index (χ3n) is 3.86. The van der Waals surface area contributed by atoms with Gasteiger partial charge in [0.1, 0.15) is 5.82 Å². The van der Waals surface area contributed by atoms with Crippen LogP contribution in [0.25, 0.3) is 0 Å². The van der Waals surface area contributed by atoms with Gasteiger partial charge in [-0.05, 0) is 36.1 Å². The maximum atomic E-state index is 14.1. The Morgan fingerprint density at radius 3 is 2.40 bits per heavy atom. The van der Waals surface area contributed by atoms with Crippen LogP contribution in [0.4, 0.5) is 4.39 Å². The topological polar surface area (TPSA) is 0 Å². The van der Waals surface area contributed by atoms with E-state index in [1.165, 1.54) is 11.6 Å². The molecular formula is C17H17BrClF. The van der Waals surface area contributed by atoms with E-state index in [1.807, 2.05) is 30.3 Å². The first-order valence-corrected chi connectivity index (χ1v) is 7.99. The van der Waals surface area contributed by atoms with Crippen LogP contribution in [-0.2, 0) is 11.8 Å². The van der Waals surface area contributed by atoms with E-state index in [-0.39, 0.29) is 11.2 Å². The summed E-state index contributed by atoms with van der Waals surface area (Å²) in [5, 5.41) is 0. The molecule has 0 amide bonds. The van der Waals surface area contributed by atoms with Gasteiger partial charge in [-0.1, -0.05) is 59.3 Å². The van der Waals surface area contributed by atoms with Crippen LogP contribution in [0.2, 0.25) is 0 Å². The predicted molar refractivity (Wildman–Crippen MR) is 86.9 cm³/mol. The molecule has 2 rings (SSSR count). The van der Waals surface area contributed by atoms with Gasteiger partial charge < -0.3 is 0 Å². The molecule has 0 saturated heterocycles. The Morgan fingerprint density at radius 2 is 1.85 bits per heavy atom. The van der Waals surface area contributed by atoms with Crippen molar-refractivity contribution in [3.63, 3.8) is 0 Å². The minimum atomic E-state index is -0.225. The third-order valence-corrected chi connectivity index (χ3v) is 4.87. The fourth-order valence-electron chi connectivity index (χ4n) is 2.47. The standard InChI is InChI=1S/C17H17BrClF/c1-2-17(12-19,14-6-4-3-5-7-14)11-13-8-9-15(18)10-16(13)20/h3-10H,2,11-12H2,1H3. The van der Waals surface area contributed by atoms with Crippen molar-refractivity contribution >= 4 is 27.5 Å². The van der Waals surface area contributed by atoms with Crippen molar-refractivity contribution in [2.45, 2.75) is 25.2 Å². The van der Waals surface area contributed by atoms with Crippen LogP contribution in [0.15, 0.2) is 53.0 Å². The zero-order valence-corrected chi connectivity index (χ0v) is 13.7. The summed E-state index contributed by atoms with van der Waals surface area (Å²) in [6.45, 7) is 2.10. The van der Waals surface area contributed by atoms with Crippen LogP contribution in [-0.4, -0.2) is 5.88 Å². The zero-order valence-electron chi connectivity index (χ0n) is 11.4. The average Bonchev–Trinajstić information content (AvgIpc) is 2.48. The molecule has 0 heterocycles. The molecule has 0 fully saturated rings. The van der Waals surface area contributed by atoms with Gasteiger partial charge in [-0.25, -0.2) is 4.39 Å². The highest BCUT2D eigenvalue weighted by Gasteiger charge is 2.30. The van der Waals surface area contributed by atoms with Crippen molar-refractivity contribution in [2.24, 2.45) is 0 Å². The summed E-state index contributed by atoms with van der Waals surface area (Å²) in [7, 11) is 0. The van der Waals surface area contributed by atoms with Gasteiger partial charge in [0.2, 0.25) is 0 Å². The van der Waals surface area contributed by atoms with E-state index < -0.39 is 0 Å². The molecule has 0 aliphatic heterocycles. The van der Waals surface area contributed by atoms with Gasteiger partial charge in [-0.15, -0.1) is 11.6 Å². The highest BCUT2D eigenvalue weighted by atomic mass is 79.9. The second-order valence-electron chi connectivity index (χ2n) is 5.05. The molecule has 0 aromatic heterocycles. The van der Waals surface area contributed by atoms with Crippen molar-refractivity contribution in [1.82, 2.24) is 0 Å². The summed E-state index contributed by atoms with van der Waals surface area (Å²) >= 11 is 9.55. The molecule has 20 heavy (non-hydrogen) atoms. The number of halogens is 3. The first kappa shape index (κ1) is 15.5. The Labute approximate surface area is 133 Å². The van der Waals surface area contributed by atoms with Crippen molar-refractivity contribution in [3.8, 4) is 0 Å². The Morgan fingerprint density at radius 1 is 1.15 bits per heavy atom. The van der Waals surface area contributed by atoms with Crippen molar-refractivity contribution < 1.29 is 4.39 Å². The lowest BCUT2D eigenvalue weighted by Crippen LogP contribution is -2.30. The van der Waals surface area contributed by atoms with E-state index in [2.05, 4.69) is 35.0 Å². The molecule has 0 N–H and O–H groups in total. The lowest BCUT2D eigenvalue weighted by Gasteiger charge is -2.31. The van der Waals surface area contributed by atoms with Crippen LogP contribution < -0.4 is 0 Å². The summed E-state index contributed by atoms with van der Waals surface area (Å²) < 4.78 is 14.9. The van der Waals surface area contributed by atoms with E-state index >= 15 is 0 Å². The molecule has 2 aromatic rings. The van der Waals surface area contributed by atoms with Gasteiger partial charge in [0.05, 0.1) is 0 Å². The maximum absolute atomic E-state index is 14.1. The van der Waals surface area contributed by atoms with Crippen LogP contribution in [0.1, 0.15) is 24.5 Å². The summed E-state index contributed by atoms with van der Waals surface area (Å²) in [5.41, 5.74) is 1.65. The summed E-state index contributed by atoms with van der Waals surface area (Å²) in [6, 6.07) is 15.4. The van der Waals surface area contributed by atoms with E-state index in [4.69, 9.17) is 11.6 Å². The molecule has 0 aliphatic carbocycles. The van der Waals surface area contributed by atoms with E-state index in [9.17, 15) is 4.39 Å². The number of hydrogen-bond donors (Lipinski definition) is 0. The SMILES string of the molecule is CCC(CCl)(Cc1ccc(Br)cc1F)c1ccccc1. The number of alkyl halides is 1. The molecular weight excluding hydrogens is 339 g/mol. The quantitative estimate of drug-likeness (QED) is 0.602. The smallest absolute Gasteiger partial charge is 0.127 e.